The number of hydrogen-bond donors (Lipinski definition) is 2. The molecule has 7 heteroatoms. The van der Waals surface area contributed by atoms with Gasteiger partial charge in [-0.1, -0.05) is 35.3 Å². The summed E-state index contributed by atoms with van der Waals surface area (Å²) in [5.41, 5.74) is -1.25. The summed E-state index contributed by atoms with van der Waals surface area (Å²) in [6, 6.07) is 4.46. The standard InChI is InChI=1S/C16H19Cl2NO4/c1-3-8-23-9-4-5-14(20)19-16(2,15(21)22)11-6-7-12(17)13(18)10-11/h3,6-7,10H,1,4-5,8-9H2,2H3,(H,19,20)(H,21,22). The highest BCUT2D eigenvalue weighted by Crippen LogP contribution is 2.29. The van der Waals surface area contributed by atoms with Crippen LogP contribution < -0.4 is 5.32 Å². The second kappa shape index (κ2) is 8.91. The van der Waals surface area contributed by atoms with Crippen LogP contribution in [0.15, 0.2) is 30.9 Å². The smallest absolute Gasteiger partial charge is 0.333 e. The number of ether oxygens (including phenoxy) is 1. The Kier molecular flexibility index (Phi) is 7.55. The maximum atomic E-state index is 12.0. The summed E-state index contributed by atoms with van der Waals surface area (Å²) in [7, 11) is 0. The molecule has 1 aromatic carbocycles. The lowest BCUT2D eigenvalue weighted by Crippen LogP contribution is -2.49. The molecule has 1 amide bonds. The minimum atomic E-state index is -1.59. The molecule has 0 aliphatic rings. The molecule has 0 aliphatic carbocycles. The van der Waals surface area contributed by atoms with E-state index in [2.05, 4.69) is 11.9 Å². The number of carboxylic acid groups (broad SMARTS) is 1. The summed E-state index contributed by atoms with van der Waals surface area (Å²) < 4.78 is 5.18. The molecular weight excluding hydrogens is 341 g/mol. The van der Waals surface area contributed by atoms with Gasteiger partial charge in [-0.15, -0.1) is 6.58 Å². The number of aliphatic carboxylic acids is 1. The summed E-state index contributed by atoms with van der Waals surface area (Å²) in [6.45, 7) is 5.74. The number of halogens is 2. The number of benzene rings is 1. The van der Waals surface area contributed by atoms with Crippen molar-refractivity contribution in [2.45, 2.75) is 25.3 Å². The Morgan fingerprint density at radius 3 is 2.65 bits per heavy atom. The first kappa shape index (κ1) is 19.5. The largest absolute Gasteiger partial charge is 0.479 e. The zero-order valence-corrected chi connectivity index (χ0v) is 14.3. The Morgan fingerprint density at radius 1 is 1.39 bits per heavy atom. The molecule has 0 saturated carbocycles. The third-order valence-corrected chi connectivity index (χ3v) is 3.98. The van der Waals surface area contributed by atoms with Crippen molar-refractivity contribution in [2.24, 2.45) is 0 Å². The number of carboxylic acids is 1. The number of carbonyl (C=O) groups excluding carboxylic acids is 1. The molecule has 1 aromatic rings. The van der Waals surface area contributed by atoms with E-state index < -0.39 is 11.5 Å². The molecule has 2 N–H and O–H groups in total. The van der Waals surface area contributed by atoms with E-state index in [0.717, 1.165) is 0 Å². The Hall–Kier alpha value is -1.56. The van der Waals surface area contributed by atoms with Gasteiger partial charge in [-0.25, -0.2) is 4.79 Å². The van der Waals surface area contributed by atoms with Crippen molar-refractivity contribution in [3.05, 3.63) is 46.5 Å². The predicted octanol–water partition coefficient (Wildman–Crippen LogP) is 3.39. The lowest BCUT2D eigenvalue weighted by molar-refractivity contribution is -0.147. The van der Waals surface area contributed by atoms with Crippen molar-refractivity contribution in [1.82, 2.24) is 5.32 Å². The average Bonchev–Trinajstić information content (AvgIpc) is 2.49. The molecule has 23 heavy (non-hydrogen) atoms. The zero-order valence-electron chi connectivity index (χ0n) is 12.8. The Labute approximate surface area is 145 Å². The summed E-state index contributed by atoms with van der Waals surface area (Å²) in [5.74, 6) is -1.57. The molecule has 1 rings (SSSR count). The van der Waals surface area contributed by atoms with E-state index in [-0.39, 0.29) is 17.4 Å². The molecule has 5 nitrogen and oxygen atoms in total. The van der Waals surface area contributed by atoms with E-state index in [0.29, 0.717) is 30.2 Å². The second-order valence-electron chi connectivity index (χ2n) is 5.07. The number of hydrogen-bond acceptors (Lipinski definition) is 3. The highest BCUT2D eigenvalue weighted by Gasteiger charge is 2.37. The van der Waals surface area contributed by atoms with E-state index >= 15 is 0 Å². The minimum Gasteiger partial charge on any atom is -0.479 e. The molecule has 126 valence electrons. The quantitative estimate of drug-likeness (QED) is 0.523. The van der Waals surface area contributed by atoms with Gasteiger partial charge >= 0.3 is 5.97 Å². The van der Waals surface area contributed by atoms with Crippen molar-refractivity contribution in [2.75, 3.05) is 13.2 Å². The Balaban J connectivity index is 2.77. The third kappa shape index (κ3) is 5.53. The number of amides is 1. The maximum Gasteiger partial charge on any atom is 0.333 e. The van der Waals surface area contributed by atoms with Gasteiger partial charge in [0, 0.05) is 13.0 Å². The molecule has 0 spiro atoms. The van der Waals surface area contributed by atoms with Crippen LogP contribution in [0, 0.1) is 0 Å². The molecular formula is C16H19Cl2NO4. The van der Waals surface area contributed by atoms with Crippen molar-refractivity contribution in [3.63, 3.8) is 0 Å². The molecule has 0 fully saturated rings. The number of rotatable bonds is 9. The van der Waals surface area contributed by atoms with Gasteiger partial charge < -0.3 is 15.2 Å². The molecule has 1 atom stereocenters. The number of nitrogens with one attached hydrogen (secondary N) is 1. The molecule has 1 unspecified atom stereocenters. The molecule has 0 aliphatic heterocycles. The fourth-order valence-electron chi connectivity index (χ4n) is 1.90. The third-order valence-electron chi connectivity index (χ3n) is 3.24. The summed E-state index contributed by atoms with van der Waals surface area (Å²) in [6.07, 6.45) is 2.25. The van der Waals surface area contributed by atoms with E-state index in [1.54, 1.807) is 6.08 Å². The van der Waals surface area contributed by atoms with Gasteiger partial charge in [-0.2, -0.15) is 0 Å². The van der Waals surface area contributed by atoms with E-state index in [1.165, 1.54) is 25.1 Å². The first-order chi connectivity index (χ1) is 10.8. The fraction of sp³-hybridized carbons (Fsp3) is 0.375. The molecule has 0 radical (unpaired) electrons. The van der Waals surface area contributed by atoms with E-state index in [4.69, 9.17) is 27.9 Å². The molecule has 0 aromatic heterocycles. The normalized spacial score (nSPS) is 13.2. The van der Waals surface area contributed by atoms with Crippen LogP contribution in [0.3, 0.4) is 0 Å². The highest BCUT2D eigenvalue weighted by molar-refractivity contribution is 6.42. The van der Waals surface area contributed by atoms with Crippen molar-refractivity contribution >= 4 is 35.1 Å². The van der Waals surface area contributed by atoms with Crippen LogP contribution in [0.2, 0.25) is 10.0 Å². The monoisotopic (exact) mass is 359 g/mol. The predicted molar refractivity (Wildman–Crippen MR) is 89.8 cm³/mol. The van der Waals surface area contributed by atoms with Crippen molar-refractivity contribution < 1.29 is 19.4 Å². The van der Waals surface area contributed by atoms with Crippen LogP contribution in [0.5, 0.6) is 0 Å². The maximum absolute atomic E-state index is 12.0. The van der Waals surface area contributed by atoms with E-state index in [9.17, 15) is 14.7 Å². The lowest BCUT2D eigenvalue weighted by Gasteiger charge is -2.27. The van der Waals surface area contributed by atoms with Crippen LogP contribution in [0.4, 0.5) is 0 Å². The first-order valence-electron chi connectivity index (χ1n) is 7.00. The van der Waals surface area contributed by atoms with Crippen LogP contribution in [0.25, 0.3) is 0 Å². The summed E-state index contributed by atoms with van der Waals surface area (Å²) in [5, 5.41) is 12.6. The Bertz CT molecular complexity index is 591. The van der Waals surface area contributed by atoms with Crippen molar-refractivity contribution in [1.29, 1.82) is 0 Å². The van der Waals surface area contributed by atoms with Gasteiger partial charge in [0.25, 0.3) is 0 Å². The van der Waals surface area contributed by atoms with Crippen LogP contribution >= 0.6 is 23.2 Å². The summed E-state index contributed by atoms with van der Waals surface area (Å²) in [4.78, 5) is 23.7. The van der Waals surface area contributed by atoms with Crippen molar-refractivity contribution in [3.8, 4) is 0 Å². The second-order valence-corrected chi connectivity index (χ2v) is 5.89. The minimum absolute atomic E-state index is 0.154. The van der Waals surface area contributed by atoms with Crippen LogP contribution in [0.1, 0.15) is 25.3 Å². The highest BCUT2D eigenvalue weighted by atomic mass is 35.5. The summed E-state index contributed by atoms with van der Waals surface area (Å²) >= 11 is 11.8. The average molecular weight is 360 g/mol. The fourth-order valence-corrected chi connectivity index (χ4v) is 2.20. The Morgan fingerprint density at radius 2 is 2.09 bits per heavy atom. The zero-order chi connectivity index (χ0) is 17.5. The SMILES string of the molecule is C=CCOCCCC(=O)NC(C)(C(=O)O)c1ccc(Cl)c(Cl)c1. The number of carbonyl (C=O) groups is 2. The topological polar surface area (TPSA) is 75.6 Å². The molecule has 0 saturated heterocycles. The van der Waals surface area contributed by atoms with E-state index in [1.807, 2.05) is 0 Å². The van der Waals surface area contributed by atoms with Crippen LogP contribution in [-0.4, -0.2) is 30.2 Å². The van der Waals surface area contributed by atoms with Crippen LogP contribution in [-0.2, 0) is 19.9 Å². The van der Waals surface area contributed by atoms with Gasteiger partial charge in [0.1, 0.15) is 0 Å². The van der Waals surface area contributed by atoms with Gasteiger partial charge in [0.2, 0.25) is 5.91 Å². The molecule has 0 heterocycles. The van der Waals surface area contributed by atoms with Gasteiger partial charge in [0.15, 0.2) is 5.54 Å². The van der Waals surface area contributed by atoms with Gasteiger partial charge in [-0.05, 0) is 31.0 Å². The van der Waals surface area contributed by atoms with Gasteiger partial charge in [-0.3, -0.25) is 4.79 Å². The van der Waals surface area contributed by atoms with Gasteiger partial charge in [0.05, 0.1) is 16.7 Å². The lowest BCUT2D eigenvalue weighted by atomic mass is 9.91. The molecule has 0 bridgehead atoms. The first-order valence-corrected chi connectivity index (χ1v) is 7.75.